The van der Waals surface area contributed by atoms with Gasteiger partial charge in [0.1, 0.15) is 18.3 Å². The van der Waals surface area contributed by atoms with E-state index in [9.17, 15) is 9.59 Å². The number of methoxy groups -OCH3 is 1. The Hall–Kier alpha value is -0.940. The lowest BCUT2D eigenvalue weighted by molar-refractivity contribution is -0.153. The van der Waals surface area contributed by atoms with Crippen LogP contribution in [0, 0.1) is 5.92 Å². The van der Waals surface area contributed by atoms with E-state index in [0.29, 0.717) is 32.7 Å². The second-order valence-corrected chi connectivity index (χ2v) is 11.0. The molecule has 5 heteroatoms. The SMILES string of the molecule is CCCCCCCCCCCCCC(=O)C(CCCCCCCCCCCC)C(=O)OCCOCCOC. The molecule has 0 aromatic carbocycles. The Balaban J connectivity index is 4.18. The Morgan fingerprint density at radius 2 is 0.947 bits per heavy atom. The van der Waals surface area contributed by atoms with Crippen LogP contribution in [0.3, 0.4) is 0 Å². The van der Waals surface area contributed by atoms with Crippen molar-refractivity contribution >= 4 is 11.8 Å². The molecule has 0 aliphatic carbocycles. The van der Waals surface area contributed by atoms with Crippen LogP contribution >= 0.6 is 0 Å². The average Bonchev–Trinajstić information content (AvgIpc) is 2.92. The zero-order valence-corrected chi connectivity index (χ0v) is 25.7. The minimum Gasteiger partial charge on any atom is -0.463 e. The lowest BCUT2D eigenvalue weighted by Gasteiger charge is -2.15. The average molecular weight is 541 g/mol. The van der Waals surface area contributed by atoms with Crippen LogP contribution in [0.1, 0.15) is 162 Å². The second-order valence-electron chi connectivity index (χ2n) is 11.0. The summed E-state index contributed by atoms with van der Waals surface area (Å²) in [5, 5.41) is 0. The van der Waals surface area contributed by atoms with Crippen LogP contribution in [0.2, 0.25) is 0 Å². The molecule has 0 spiro atoms. The fourth-order valence-corrected chi connectivity index (χ4v) is 4.93. The van der Waals surface area contributed by atoms with E-state index in [1.54, 1.807) is 7.11 Å². The van der Waals surface area contributed by atoms with E-state index < -0.39 is 5.92 Å². The summed E-state index contributed by atoms with van der Waals surface area (Å²) in [5.41, 5.74) is 0. The summed E-state index contributed by atoms with van der Waals surface area (Å²) in [5.74, 6) is -0.891. The molecule has 0 aliphatic rings. The maximum Gasteiger partial charge on any atom is 0.316 e. The summed E-state index contributed by atoms with van der Waals surface area (Å²) in [6.07, 6.45) is 27.4. The van der Waals surface area contributed by atoms with Gasteiger partial charge in [-0.3, -0.25) is 9.59 Å². The fraction of sp³-hybridized carbons (Fsp3) is 0.939. The van der Waals surface area contributed by atoms with Crippen molar-refractivity contribution in [3.63, 3.8) is 0 Å². The van der Waals surface area contributed by atoms with Gasteiger partial charge in [0, 0.05) is 13.5 Å². The molecular weight excluding hydrogens is 476 g/mol. The molecule has 0 saturated heterocycles. The number of hydrogen-bond acceptors (Lipinski definition) is 5. The maximum absolute atomic E-state index is 13.0. The monoisotopic (exact) mass is 540 g/mol. The Bertz CT molecular complexity index is 508. The molecule has 1 unspecified atom stereocenters. The van der Waals surface area contributed by atoms with Crippen LogP contribution in [0.25, 0.3) is 0 Å². The van der Waals surface area contributed by atoms with E-state index in [2.05, 4.69) is 13.8 Å². The molecule has 226 valence electrons. The first kappa shape index (κ1) is 37.1. The Kier molecular flexibility index (Phi) is 29.8. The van der Waals surface area contributed by atoms with Crippen molar-refractivity contribution in [3.05, 3.63) is 0 Å². The van der Waals surface area contributed by atoms with E-state index in [0.717, 1.165) is 25.7 Å². The van der Waals surface area contributed by atoms with Crippen LogP contribution in [-0.2, 0) is 23.8 Å². The van der Waals surface area contributed by atoms with Crippen molar-refractivity contribution in [3.8, 4) is 0 Å². The molecule has 1 atom stereocenters. The number of carbonyl (C=O) groups is 2. The first-order chi connectivity index (χ1) is 18.7. The fourth-order valence-electron chi connectivity index (χ4n) is 4.93. The molecule has 38 heavy (non-hydrogen) atoms. The molecule has 0 saturated carbocycles. The van der Waals surface area contributed by atoms with Crippen LogP contribution in [0.4, 0.5) is 0 Å². The first-order valence-corrected chi connectivity index (χ1v) is 16.4. The largest absolute Gasteiger partial charge is 0.463 e. The lowest BCUT2D eigenvalue weighted by Crippen LogP contribution is -2.27. The van der Waals surface area contributed by atoms with Gasteiger partial charge in [0.15, 0.2) is 0 Å². The number of rotatable bonds is 31. The van der Waals surface area contributed by atoms with Crippen LogP contribution < -0.4 is 0 Å². The molecular formula is C33H64O5. The Morgan fingerprint density at radius 3 is 1.42 bits per heavy atom. The highest BCUT2D eigenvalue weighted by Gasteiger charge is 2.27. The highest BCUT2D eigenvalue weighted by molar-refractivity contribution is 5.98. The molecule has 0 amide bonds. The summed E-state index contributed by atoms with van der Waals surface area (Å²) in [6.45, 7) is 6.05. The minimum absolute atomic E-state index is 0.0714. The molecule has 0 bridgehead atoms. The number of ether oxygens (including phenoxy) is 3. The molecule has 0 aromatic heterocycles. The third-order valence-corrected chi connectivity index (χ3v) is 7.45. The van der Waals surface area contributed by atoms with Crippen molar-refractivity contribution in [2.75, 3.05) is 33.5 Å². The predicted octanol–water partition coefficient (Wildman–Crippen LogP) is 9.39. The second kappa shape index (κ2) is 30.6. The quantitative estimate of drug-likeness (QED) is 0.0498. The molecule has 0 radical (unpaired) electrons. The molecule has 0 rings (SSSR count). The van der Waals surface area contributed by atoms with Crippen molar-refractivity contribution in [1.82, 2.24) is 0 Å². The van der Waals surface area contributed by atoms with Crippen molar-refractivity contribution < 1.29 is 23.8 Å². The Morgan fingerprint density at radius 1 is 0.526 bits per heavy atom. The number of esters is 1. The standard InChI is InChI=1S/C33H64O5/c1-4-6-8-10-12-14-16-18-20-22-24-26-32(34)31(33(35)38-30-29-37-28-27-36-3)25-23-21-19-17-15-13-11-9-7-5-2/h31H,4-30H2,1-3H3. The van der Waals surface area contributed by atoms with Gasteiger partial charge in [0.2, 0.25) is 0 Å². The van der Waals surface area contributed by atoms with Gasteiger partial charge in [0.05, 0.1) is 19.8 Å². The molecule has 0 aliphatic heterocycles. The molecule has 0 fully saturated rings. The number of carbonyl (C=O) groups excluding carboxylic acids is 2. The smallest absolute Gasteiger partial charge is 0.316 e. The number of ketones is 1. The number of hydrogen-bond donors (Lipinski definition) is 0. The highest BCUT2D eigenvalue weighted by Crippen LogP contribution is 2.19. The normalized spacial score (nSPS) is 12.1. The van der Waals surface area contributed by atoms with E-state index in [-0.39, 0.29) is 18.4 Å². The van der Waals surface area contributed by atoms with Gasteiger partial charge < -0.3 is 14.2 Å². The highest BCUT2D eigenvalue weighted by atomic mass is 16.6. The summed E-state index contributed by atoms with van der Waals surface area (Å²) < 4.78 is 15.8. The zero-order valence-electron chi connectivity index (χ0n) is 25.7. The van der Waals surface area contributed by atoms with Crippen molar-refractivity contribution in [1.29, 1.82) is 0 Å². The molecule has 0 heterocycles. The third kappa shape index (κ3) is 25.3. The summed E-state index contributed by atoms with van der Waals surface area (Å²) in [6, 6.07) is 0. The zero-order chi connectivity index (χ0) is 27.9. The molecule has 0 N–H and O–H groups in total. The topological polar surface area (TPSA) is 61.8 Å². The van der Waals surface area contributed by atoms with Crippen LogP contribution in [0.5, 0.6) is 0 Å². The van der Waals surface area contributed by atoms with E-state index in [4.69, 9.17) is 14.2 Å². The van der Waals surface area contributed by atoms with Crippen LogP contribution in [-0.4, -0.2) is 45.3 Å². The van der Waals surface area contributed by atoms with Gasteiger partial charge >= 0.3 is 5.97 Å². The minimum atomic E-state index is -0.605. The van der Waals surface area contributed by atoms with E-state index in [1.807, 2.05) is 0 Å². The first-order valence-electron chi connectivity index (χ1n) is 16.4. The lowest BCUT2D eigenvalue weighted by atomic mass is 9.92. The van der Waals surface area contributed by atoms with Gasteiger partial charge in [-0.2, -0.15) is 0 Å². The van der Waals surface area contributed by atoms with Gasteiger partial charge in [-0.15, -0.1) is 0 Å². The summed E-state index contributed by atoms with van der Waals surface area (Å²) in [7, 11) is 1.63. The molecule has 5 nitrogen and oxygen atoms in total. The predicted molar refractivity (Wildman–Crippen MR) is 160 cm³/mol. The van der Waals surface area contributed by atoms with E-state index in [1.165, 1.54) is 109 Å². The van der Waals surface area contributed by atoms with Crippen LogP contribution in [0.15, 0.2) is 0 Å². The van der Waals surface area contributed by atoms with Gasteiger partial charge in [-0.1, -0.05) is 142 Å². The number of Topliss-reactive ketones (excluding diaryl/α,β-unsaturated/α-hetero) is 1. The maximum atomic E-state index is 13.0. The van der Waals surface area contributed by atoms with E-state index >= 15 is 0 Å². The number of unbranched alkanes of at least 4 members (excludes halogenated alkanes) is 19. The Labute approximate surface area is 236 Å². The molecule has 0 aromatic rings. The van der Waals surface area contributed by atoms with Gasteiger partial charge in [-0.25, -0.2) is 0 Å². The summed E-state index contributed by atoms with van der Waals surface area (Å²) in [4.78, 5) is 25.7. The van der Waals surface area contributed by atoms with Crippen molar-refractivity contribution in [2.24, 2.45) is 5.92 Å². The summed E-state index contributed by atoms with van der Waals surface area (Å²) >= 11 is 0. The van der Waals surface area contributed by atoms with Crippen molar-refractivity contribution in [2.45, 2.75) is 162 Å². The van der Waals surface area contributed by atoms with Gasteiger partial charge in [0.25, 0.3) is 0 Å². The third-order valence-electron chi connectivity index (χ3n) is 7.45. The van der Waals surface area contributed by atoms with Gasteiger partial charge in [-0.05, 0) is 12.8 Å².